The van der Waals surface area contributed by atoms with E-state index in [9.17, 15) is 8.78 Å². The van der Waals surface area contributed by atoms with Crippen molar-refractivity contribution in [3.8, 4) is 11.3 Å². The standard InChI is InChI=1S/C15H16F2N2S/c1-8-5-6-9(16)12(13(8)17)10-7-11(20)19-14(18-10)15(2,3)4/h5-7H,1-4H3,(H,18,19,20). The highest BCUT2D eigenvalue weighted by molar-refractivity contribution is 7.71. The second-order valence-electron chi connectivity index (χ2n) is 5.78. The zero-order valence-corrected chi connectivity index (χ0v) is 12.7. The minimum absolute atomic E-state index is 0.0935. The van der Waals surface area contributed by atoms with Crippen molar-refractivity contribution in [2.45, 2.75) is 33.1 Å². The minimum atomic E-state index is -0.621. The summed E-state index contributed by atoms with van der Waals surface area (Å²) in [6.07, 6.45) is 0. The van der Waals surface area contributed by atoms with Crippen LogP contribution in [0.1, 0.15) is 32.2 Å². The van der Waals surface area contributed by atoms with Crippen molar-refractivity contribution < 1.29 is 8.78 Å². The molecule has 1 heterocycles. The van der Waals surface area contributed by atoms with E-state index in [0.29, 0.717) is 21.7 Å². The molecule has 0 saturated carbocycles. The molecule has 1 aromatic carbocycles. The quantitative estimate of drug-likeness (QED) is 0.773. The lowest BCUT2D eigenvalue weighted by atomic mass is 9.95. The number of benzene rings is 1. The lowest BCUT2D eigenvalue weighted by Crippen LogP contribution is -2.16. The van der Waals surface area contributed by atoms with Crippen LogP contribution in [0.4, 0.5) is 8.78 Å². The van der Waals surface area contributed by atoms with Crippen molar-refractivity contribution in [2.75, 3.05) is 0 Å². The van der Waals surface area contributed by atoms with Crippen LogP contribution in [-0.4, -0.2) is 9.97 Å². The van der Waals surface area contributed by atoms with Gasteiger partial charge in [0.15, 0.2) is 0 Å². The number of aromatic nitrogens is 2. The molecule has 1 aromatic heterocycles. The SMILES string of the molecule is Cc1ccc(F)c(-c2cc(=S)nc(C(C)(C)C)[nH]2)c1F. The predicted octanol–water partition coefficient (Wildman–Crippen LogP) is 4.69. The van der Waals surface area contributed by atoms with E-state index in [1.165, 1.54) is 18.2 Å². The van der Waals surface area contributed by atoms with Gasteiger partial charge in [0.05, 0.1) is 11.3 Å². The molecule has 2 nitrogen and oxygen atoms in total. The van der Waals surface area contributed by atoms with E-state index < -0.39 is 11.6 Å². The molecule has 0 radical (unpaired) electrons. The molecule has 0 amide bonds. The summed E-state index contributed by atoms with van der Waals surface area (Å²) < 4.78 is 28.5. The van der Waals surface area contributed by atoms with E-state index in [1.807, 2.05) is 20.8 Å². The molecule has 5 heteroatoms. The van der Waals surface area contributed by atoms with Gasteiger partial charge in [0.1, 0.15) is 22.1 Å². The number of hydrogen-bond acceptors (Lipinski definition) is 2. The fraction of sp³-hybridized carbons (Fsp3) is 0.333. The molecule has 0 saturated heterocycles. The van der Waals surface area contributed by atoms with Gasteiger partial charge in [-0.3, -0.25) is 0 Å². The first-order chi connectivity index (χ1) is 9.20. The molecule has 0 atom stereocenters. The molecule has 2 aromatic rings. The van der Waals surface area contributed by atoms with Gasteiger partial charge in [-0.05, 0) is 24.6 Å². The fourth-order valence-electron chi connectivity index (χ4n) is 1.85. The molecular formula is C15H16F2N2S. The number of rotatable bonds is 1. The minimum Gasteiger partial charge on any atom is -0.343 e. The Bertz CT molecular complexity index is 715. The highest BCUT2D eigenvalue weighted by Crippen LogP contribution is 2.28. The van der Waals surface area contributed by atoms with Crippen molar-refractivity contribution in [1.29, 1.82) is 0 Å². The molecule has 2 rings (SSSR count). The van der Waals surface area contributed by atoms with Gasteiger partial charge in [0.2, 0.25) is 0 Å². The number of nitrogens with one attached hydrogen (secondary N) is 1. The number of aromatic amines is 1. The van der Waals surface area contributed by atoms with Gasteiger partial charge in [-0.25, -0.2) is 13.8 Å². The Morgan fingerprint density at radius 2 is 1.85 bits per heavy atom. The topological polar surface area (TPSA) is 28.7 Å². The third-order valence-electron chi connectivity index (χ3n) is 3.01. The molecular weight excluding hydrogens is 278 g/mol. The van der Waals surface area contributed by atoms with E-state index in [0.717, 1.165) is 0 Å². The summed E-state index contributed by atoms with van der Waals surface area (Å²) in [5.74, 6) is -0.605. The van der Waals surface area contributed by atoms with Gasteiger partial charge in [-0.15, -0.1) is 0 Å². The zero-order valence-electron chi connectivity index (χ0n) is 11.8. The first-order valence-corrected chi connectivity index (χ1v) is 6.68. The Morgan fingerprint density at radius 3 is 2.45 bits per heavy atom. The van der Waals surface area contributed by atoms with Gasteiger partial charge in [-0.1, -0.05) is 39.1 Å². The number of aryl methyl sites for hydroxylation is 1. The summed E-state index contributed by atoms with van der Waals surface area (Å²) in [7, 11) is 0. The van der Waals surface area contributed by atoms with Gasteiger partial charge < -0.3 is 4.98 Å². The third-order valence-corrected chi connectivity index (χ3v) is 3.22. The summed E-state index contributed by atoms with van der Waals surface area (Å²) in [5, 5.41) is 0. The fourth-order valence-corrected chi connectivity index (χ4v) is 2.06. The number of hydrogen-bond donors (Lipinski definition) is 1. The summed E-state index contributed by atoms with van der Waals surface area (Å²) in [4.78, 5) is 7.22. The zero-order chi connectivity index (χ0) is 15.1. The van der Waals surface area contributed by atoms with Crippen LogP contribution < -0.4 is 0 Å². The molecule has 0 fully saturated rings. The highest BCUT2D eigenvalue weighted by atomic mass is 32.1. The maximum absolute atomic E-state index is 14.2. The molecule has 0 aliphatic rings. The van der Waals surface area contributed by atoms with Crippen molar-refractivity contribution >= 4 is 12.2 Å². The van der Waals surface area contributed by atoms with Crippen LogP contribution in [0.3, 0.4) is 0 Å². The van der Waals surface area contributed by atoms with Gasteiger partial charge in [0.25, 0.3) is 0 Å². The van der Waals surface area contributed by atoms with Crippen LogP contribution in [0, 0.1) is 23.2 Å². The van der Waals surface area contributed by atoms with Crippen LogP contribution >= 0.6 is 12.2 Å². The average molecular weight is 294 g/mol. The van der Waals surface area contributed by atoms with Crippen LogP contribution in [0.15, 0.2) is 18.2 Å². The van der Waals surface area contributed by atoms with Crippen molar-refractivity contribution in [1.82, 2.24) is 9.97 Å². The smallest absolute Gasteiger partial charge is 0.138 e. The number of H-pyrrole nitrogens is 1. The molecule has 0 aliphatic carbocycles. The second kappa shape index (κ2) is 5.05. The Hall–Kier alpha value is -1.62. The third kappa shape index (κ3) is 2.77. The van der Waals surface area contributed by atoms with Gasteiger partial charge >= 0.3 is 0 Å². The maximum Gasteiger partial charge on any atom is 0.138 e. The summed E-state index contributed by atoms with van der Waals surface area (Å²) in [6.45, 7) is 7.45. The van der Waals surface area contributed by atoms with Crippen LogP contribution in [0.2, 0.25) is 0 Å². The largest absolute Gasteiger partial charge is 0.343 e. The lowest BCUT2D eigenvalue weighted by Gasteiger charge is -2.19. The molecule has 0 spiro atoms. The summed E-state index contributed by atoms with van der Waals surface area (Å²) in [5.41, 5.74) is 0.313. The average Bonchev–Trinajstić information content (AvgIpc) is 2.33. The Morgan fingerprint density at radius 1 is 1.20 bits per heavy atom. The van der Waals surface area contributed by atoms with Crippen LogP contribution in [-0.2, 0) is 5.41 Å². The van der Waals surface area contributed by atoms with Crippen molar-refractivity contribution in [3.63, 3.8) is 0 Å². The summed E-state index contributed by atoms with van der Waals surface area (Å²) in [6, 6.07) is 4.14. The van der Waals surface area contributed by atoms with E-state index in [2.05, 4.69) is 9.97 Å². The monoisotopic (exact) mass is 294 g/mol. The molecule has 106 valence electrons. The van der Waals surface area contributed by atoms with Crippen molar-refractivity contribution in [3.05, 3.63) is 45.9 Å². The molecule has 0 bridgehead atoms. The second-order valence-corrected chi connectivity index (χ2v) is 6.20. The van der Waals surface area contributed by atoms with Crippen molar-refractivity contribution in [2.24, 2.45) is 0 Å². The first kappa shape index (κ1) is 14.8. The highest BCUT2D eigenvalue weighted by Gasteiger charge is 2.20. The van der Waals surface area contributed by atoms with E-state index in [-0.39, 0.29) is 11.0 Å². The van der Waals surface area contributed by atoms with Crippen LogP contribution in [0.5, 0.6) is 0 Å². The lowest BCUT2D eigenvalue weighted by molar-refractivity contribution is 0.542. The number of halogens is 2. The molecule has 20 heavy (non-hydrogen) atoms. The molecule has 1 N–H and O–H groups in total. The Kier molecular flexibility index (Phi) is 3.73. The Labute approximate surface area is 121 Å². The van der Waals surface area contributed by atoms with E-state index >= 15 is 0 Å². The molecule has 0 unspecified atom stereocenters. The van der Waals surface area contributed by atoms with Gasteiger partial charge in [0, 0.05) is 5.41 Å². The summed E-state index contributed by atoms with van der Waals surface area (Å²) >= 11 is 5.10. The molecule has 0 aliphatic heterocycles. The van der Waals surface area contributed by atoms with E-state index in [1.54, 1.807) is 6.92 Å². The van der Waals surface area contributed by atoms with E-state index in [4.69, 9.17) is 12.2 Å². The normalized spacial score (nSPS) is 11.7. The predicted molar refractivity (Wildman–Crippen MR) is 78.2 cm³/mol. The maximum atomic E-state index is 14.2. The Balaban J connectivity index is 2.75. The van der Waals surface area contributed by atoms with Gasteiger partial charge in [-0.2, -0.15) is 0 Å². The van der Waals surface area contributed by atoms with Crippen LogP contribution in [0.25, 0.3) is 11.3 Å². The first-order valence-electron chi connectivity index (χ1n) is 6.27. The number of nitrogens with zero attached hydrogens (tertiary/aromatic N) is 1.